The van der Waals surface area contributed by atoms with E-state index in [1.807, 2.05) is 23.8 Å². The van der Waals surface area contributed by atoms with Crippen LogP contribution >= 0.6 is 11.8 Å². The molecule has 3 heterocycles. The number of hydrogen-bond acceptors (Lipinski definition) is 6. The van der Waals surface area contributed by atoms with E-state index < -0.39 is 12.0 Å². The number of thioether (sulfide) groups is 1. The Morgan fingerprint density at radius 2 is 2.12 bits per heavy atom. The lowest BCUT2D eigenvalue weighted by Crippen LogP contribution is -2.44. The number of carboxylic acids is 1. The summed E-state index contributed by atoms with van der Waals surface area (Å²) in [5.41, 5.74) is 0.0443. The Morgan fingerprint density at radius 1 is 1.40 bits per heavy atom. The van der Waals surface area contributed by atoms with Gasteiger partial charge < -0.3 is 10.0 Å². The summed E-state index contributed by atoms with van der Waals surface area (Å²) in [5, 5.41) is 16.9. The van der Waals surface area contributed by atoms with Gasteiger partial charge in [0, 0.05) is 26.1 Å². The molecule has 1 aromatic heterocycles. The molecule has 1 atom stereocenters. The molecule has 25 heavy (non-hydrogen) atoms. The molecule has 9 heteroatoms. The summed E-state index contributed by atoms with van der Waals surface area (Å²) in [6, 6.07) is -0.392. The molecule has 2 saturated heterocycles. The third-order valence-corrected chi connectivity index (χ3v) is 6.21. The monoisotopic (exact) mass is 367 g/mol. The van der Waals surface area contributed by atoms with Crippen molar-refractivity contribution in [2.75, 3.05) is 32.4 Å². The number of likely N-dealkylation sites (tertiary alicyclic amines) is 2. The van der Waals surface area contributed by atoms with Crippen molar-refractivity contribution in [3.05, 3.63) is 5.82 Å². The van der Waals surface area contributed by atoms with E-state index in [-0.39, 0.29) is 11.3 Å². The van der Waals surface area contributed by atoms with E-state index in [1.165, 1.54) is 11.8 Å². The minimum atomic E-state index is -0.743. The average Bonchev–Trinajstić information content (AvgIpc) is 3.18. The number of carboxylic acid groups (broad SMARTS) is 1. The van der Waals surface area contributed by atoms with Crippen molar-refractivity contribution in [1.29, 1.82) is 0 Å². The molecule has 0 aliphatic carbocycles. The van der Waals surface area contributed by atoms with Crippen LogP contribution in [0.4, 0.5) is 0 Å². The van der Waals surface area contributed by atoms with E-state index in [2.05, 4.69) is 15.2 Å². The van der Waals surface area contributed by atoms with Gasteiger partial charge in [-0.3, -0.25) is 19.6 Å². The zero-order chi connectivity index (χ0) is 18.0. The molecule has 2 fully saturated rings. The van der Waals surface area contributed by atoms with E-state index in [4.69, 9.17) is 0 Å². The van der Waals surface area contributed by atoms with E-state index in [0.29, 0.717) is 30.4 Å². The van der Waals surface area contributed by atoms with Gasteiger partial charge >= 0.3 is 5.97 Å². The Morgan fingerprint density at radius 3 is 2.68 bits per heavy atom. The minimum absolute atomic E-state index is 0.0443. The number of aromatic amines is 1. The molecular weight excluding hydrogens is 342 g/mol. The molecule has 3 rings (SSSR count). The van der Waals surface area contributed by atoms with E-state index in [1.54, 1.807) is 0 Å². The number of piperidine rings is 1. The summed E-state index contributed by atoms with van der Waals surface area (Å²) in [4.78, 5) is 31.9. The van der Waals surface area contributed by atoms with Crippen LogP contribution in [0.5, 0.6) is 0 Å². The van der Waals surface area contributed by atoms with Crippen molar-refractivity contribution in [3.8, 4) is 0 Å². The lowest BCUT2D eigenvalue weighted by Gasteiger charge is -2.39. The summed E-state index contributed by atoms with van der Waals surface area (Å²) < 4.78 is 0. The third kappa shape index (κ3) is 3.98. The first-order valence-electron chi connectivity index (χ1n) is 8.67. The van der Waals surface area contributed by atoms with E-state index in [9.17, 15) is 14.7 Å². The molecule has 8 nitrogen and oxygen atoms in total. The van der Waals surface area contributed by atoms with Crippen molar-refractivity contribution >= 4 is 23.6 Å². The van der Waals surface area contributed by atoms with Gasteiger partial charge in [0.2, 0.25) is 5.91 Å². The van der Waals surface area contributed by atoms with E-state index in [0.717, 1.165) is 31.6 Å². The summed E-state index contributed by atoms with van der Waals surface area (Å²) in [6.07, 6.45) is 3.21. The minimum Gasteiger partial charge on any atom is -0.480 e. The van der Waals surface area contributed by atoms with Crippen LogP contribution in [0.25, 0.3) is 0 Å². The van der Waals surface area contributed by atoms with Gasteiger partial charge in [-0.05, 0) is 31.7 Å². The largest absolute Gasteiger partial charge is 0.480 e. The number of hydrogen-bond donors (Lipinski definition) is 2. The maximum atomic E-state index is 12.4. The van der Waals surface area contributed by atoms with Gasteiger partial charge in [-0.25, -0.2) is 4.98 Å². The van der Waals surface area contributed by atoms with Crippen molar-refractivity contribution < 1.29 is 14.7 Å². The highest BCUT2D eigenvalue weighted by atomic mass is 32.2. The number of carbonyl (C=O) groups excluding carboxylic acids is 1. The number of nitrogens with zero attached hydrogens (tertiary/aromatic N) is 4. The van der Waals surface area contributed by atoms with Gasteiger partial charge in [0.25, 0.3) is 0 Å². The number of likely N-dealkylation sites (N-methyl/N-ethyl adjacent to an activating group) is 1. The van der Waals surface area contributed by atoms with Gasteiger partial charge in [0.1, 0.15) is 6.04 Å². The van der Waals surface area contributed by atoms with Crippen molar-refractivity contribution in [3.63, 3.8) is 0 Å². The molecule has 0 saturated carbocycles. The third-order valence-electron chi connectivity index (χ3n) is 5.36. The first-order valence-corrected chi connectivity index (χ1v) is 9.66. The number of rotatable bonds is 5. The van der Waals surface area contributed by atoms with Crippen LogP contribution in [0.1, 0.15) is 32.0 Å². The van der Waals surface area contributed by atoms with Crippen LogP contribution in [0.15, 0.2) is 5.16 Å². The van der Waals surface area contributed by atoms with Gasteiger partial charge in [0.15, 0.2) is 11.0 Å². The van der Waals surface area contributed by atoms with E-state index >= 15 is 0 Å². The van der Waals surface area contributed by atoms with Gasteiger partial charge in [-0.15, -0.1) is 0 Å². The summed E-state index contributed by atoms with van der Waals surface area (Å²) >= 11 is 1.38. The lowest BCUT2D eigenvalue weighted by atomic mass is 9.76. The van der Waals surface area contributed by atoms with Gasteiger partial charge in [0.05, 0.1) is 5.75 Å². The van der Waals surface area contributed by atoms with Crippen LogP contribution < -0.4 is 0 Å². The fourth-order valence-electron chi connectivity index (χ4n) is 3.86. The van der Waals surface area contributed by atoms with Crippen molar-refractivity contribution in [1.82, 2.24) is 25.0 Å². The number of carbonyl (C=O) groups is 2. The quantitative estimate of drug-likeness (QED) is 0.744. The maximum absolute atomic E-state index is 12.4. The van der Waals surface area contributed by atoms with Crippen LogP contribution in [-0.2, 0) is 16.0 Å². The van der Waals surface area contributed by atoms with Crippen molar-refractivity contribution in [2.24, 2.45) is 5.41 Å². The highest BCUT2D eigenvalue weighted by Crippen LogP contribution is 2.42. The lowest BCUT2D eigenvalue weighted by molar-refractivity contribution is -0.142. The Balaban J connectivity index is 1.48. The molecular formula is C16H25N5O3S. The van der Waals surface area contributed by atoms with Crippen LogP contribution in [-0.4, -0.2) is 80.4 Å². The Labute approximate surface area is 151 Å². The number of H-pyrrole nitrogens is 1. The van der Waals surface area contributed by atoms with Crippen LogP contribution in [0, 0.1) is 5.41 Å². The predicted molar refractivity (Wildman–Crippen MR) is 93.4 cm³/mol. The molecule has 1 spiro atoms. The molecule has 2 aliphatic rings. The summed E-state index contributed by atoms with van der Waals surface area (Å²) in [6.45, 7) is 4.20. The smallest absolute Gasteiger partial charge is 0.320 e. The van der Waals surface area contributed by atoms with Crippen LogP contribution in [0.3, 0.4) is 0 Å². The first-order chi connectivity index (χ1) is 11.9. The molecule has 2 N–H and O–H groups in total. The molecule has 138 valence electrons. The number of aromatic nitrogens is 3. The zero-order valence-electron chi connectivity index (χ0n) is 14.7. The number of amides is 1. The summed E-state index contributed by atoms with van der Waals surface area (Å²) in [5.74, 6) is 0.472. The molecule has 0 bridgehead atoms. The SMILES string of the molecule is CCc1n[nH]c(SCC(=O)N2CCC3(CC2)CC(C(=O)O)N(C)C3)n1. The maximum Gasteiger partial charge on any atom is 0.320 e. The number of nitrogens with one attached hydrogen (secondary N) is 1. The zero-order valence-corrected chi connectivity index (χ0v) is 15.5. The highest BCUT2D eigenvalue weighted by molar-refractivity contribution is 7.99. The number of aryl methyl sites for hydroxylation is 1. The second-order valence-corrected chi connectivity index (χ2v) is 8.02. The first kappa shape index (κ1) is 18.2. The standard InChI is InChI=1S/C16H25N5O3S/c1-3-12-17-15(19-18-12)25-9-13(22)21-6-4-16(5-7-21)8-11(14(23)24)20(2)10-16/h11H,3-10H2,1-2H3,(H,23,24)(H,17,18,19). The fraction of sp³-hybridized carbons (Fsp3) is 0.750. The molecule has 1 aromatic rings. The Kier molecular flexibility index (Phi) is 5.33. The average molecular weight is 367 g/mol. The Hall–Kier alpha value is -1.61. The second kappa shape index (κ2) is 7.33. The van der Waals surface area contributed by atoms with Gasteiger partial charge in [-0.2, -0.15) is 5.10 Å². The molecule has 2 aliphatic heterocycles. The molecule has 1 amide bonds. The molecule has 1 unspecified atom stereocenters. The highest BCUT2D eigenvalue weighted by Gasteiger charge is 2.47. The van der Waals surface area contributed by atoms with Crippen molar-refractivity contribution in [2.45, 2.75) is 43.8 Å². The summed E-state index contributed by atoms with van der Waals surface area (Å²) in [7, 11) is 1.88. The van der Waals surface area contributed by atoms with Crippen LogP contribution in [0.2, 0.25) is 0 Å². The Bertz CT molecular complexity index is 641. The molecule has 0 aromatic carbocycles. The molecule has 0 radical (unpaired) electrons. The fourth-order valence-corrected chi connectivity index (χ4v) is 4.58. The second-order valence-electron chi connectivity index (χ2n) is 7.05. The predicted octanol–water partition coefficient (Wildman–Crippen LogP) is 0.857. The normalized spacial score (nSPS) is 23.3. The van der Waals surface area contributed by atoms with Gasteiger partial charge in [-0.1, -0.05) is 18.7 Å². The number of aliphatic carboxylic acids is 1. The topological polar surface area (TPSA) is 102 Å².